The highest BCUT2D eigenvalue weighted by Crippen LogP contribution is 2.33. The van der Waals surface area contributed by atoms with Gasteiger partial charge in [-0.25, -0.2) is 4.98 Å². The van der Waals surface area contributed by atoms with Crippen molar-refractivity contribution in [3.05, 3.63) is 28.5 Å². The summed E-state index contributed by atoms with van der Waals surface area (Å²) in [6.45, 7) is 1.59. The van der Waals surface area contributed by atoms with E-state index in [4.69, 9.17) is 28.0 Å². The van der Waals surface area contributed by atoms with E-state index in [9.17, 15) is 17.7 Å². The third-order valence-corrected chi connectivity index (χ3v) is 4.72. The number of aromatic nitrogens is 3. The molecule has 2 aromatic rings. The normalized spacial score (nSPS) is 12.9. The van der Waals surface area contributed by atoms with Crippen LogP contribution in [0.4, 0.5) is 19.0 Å². The Morgan fingerprint density at radius 2 is 2.20 bits per heavy atom. The zero-order chi connectivity index (χ0) is 18.9. The Hall–Kier alpha value is -2.02. The minimum atomic E-state index is -4.63. The Bertz CT molecular complexity index is 813. The number of nitrogens with zero attached hydrogens (tertiary/aromatic N) is 3. The lowest BCUT2D eigenvalue weighted by atomic mass is 10.3. The summed E-state index contributed by atoms with van der Waals surface area (Å²) in [6, 6.07) is 0.650. The largest absolute Gasteiger partial charge is 0.611 e. The maximum absolute atomic E-state index is 12.7. The SMILES string of the molecule is CC[S+]([O-])c1c(C(=N)NO)nn(-c2ncc(C(F)(F)F)cc2Cl)c1N. The predicted octanol–water partition coefficient (Wildman–Crippen LogP) is 1.95. The smallest absolute Gasteiger partial charge is 0.417 e. The lowest BCUT2D eigenvalue weighted by Gasteiger charge is -2.10. The summed E-state index contributed by atoms with van der Waals surface area (Å²) in [4.78, 5) is 3.55. The van der Waals surface area contributed by atoms with Crippen LogP contribution in [0.25, 0.3) is 5.82 Å². The maximum atomic E-state index is 12.7. The van der Waals surface area contributed by atoms with Crippen molar-refractivity contribution < 1.29 is 22.9 Å². The molecule has 0 bridgehead atoms. The molecule has 8 nitrogen and oxygen atoms in total. The molecule has 2 aromatic heterocycles. The molecule has 0 spiro atoms. The number of nitrogens with two attached hydrogens (primary N) is 1. The van der Waals surface area contributed by atoms with E-state index in [0.717, 1.165) is 4.68 Å². The second-order valence-electron chi connectivity index (χ2n) is 4.62. The minimum absolute atomic E-state index is 0.0631. The maximum Gasteiger partial charge on any atom is 0.417 e. The Labute approximate surface area is 147 Å². The van der Waals surface area contributed by atoms with Gasteiger partial charge in [0.25, 0.3) is 0 Å². The number of hydrogen-bond donors (Lipinski definition) is 4. The van der Waals surface area contributed by atoms with Gasteiger partial charge in [0.05, 0.1) is 10.6 Å². The van der Waals surface area contributed by atoms with Crippen LogP contribution in [-0.2, 0) is 17.4 Å². The zero-order valence-electron chi connectivity index (χ0n) is 12.6. The minimum Gasteiger partial charge on any atom is -0.611 e. The summed E-state index contributed by atoms with van der Waals surface area (Å²) in [5.41, 5.74) is 6.13. The second kappa shape index (κ2) is 7.07. The van der Waals surface area contributed by atoms with Crippen molar-refractivity contribution in [1.82, 2.24) is 20.2 Å². The average molecular weight is 397 g/mol. The number of pyridine rings is 1. The molecule has 2 heterocycles. The zero-order valence-corrected chi connectivity index (χ0v) is 14.1. The first-order valence-corrected chi connectivity index (χ1v) is 8.30. The molecule has 13 heteroatoms. The van der Waals surface area contributed by atoms with Crippen molar-refractivity contribution >= 4 is 34.4 Å². The second-order valence-corrected chi connectivity index (χ2v) is 6.71. The summed E-state index contributed by atoms with van der Waals surface area (Å²) >= 11 is 4.19. The van der Waals surface area contributed by atoms with E-state index >= 15 is 0 Å². The van der Waals surface area contributed by atoms with Gasteiger partial charge in [0.2, 0.25) is 4.90 Å². The first-order valence-electron chi connectivity index (χ1n) is 6.60. The lowest BCUT2D eigenvalue weighted by Crippen LogP contribution is -2.22. The fraction of sp³-hybridized carbons (Fsp3) is 0.250. The number of amidine groups is 1. The number of nitrogens with one attached hydrogen (secondary N) is 2. The first-order chi connectivity index (χ1) is 11.6. The topological polar surface area (TPSA) is 136 Å². The molecule has 1 atom stereocenters. The molecule has 0 aromatic carbocycles. The highest BCUT2D eigenvalue weighted by atomic mass is 35.5. The summed E-state index contributed by atoms with van der Waals surface area (Å²) in [5, 5.41) is 20.0. The third kappa shape index (κ3) is 3.66. The third-order valence-electron chi connectivity index (χ3n) is 3.06. The van der Waals surface area contributed by atoms with Gasteiger partial charge in [-0.15, -0.1) is 0 Å². The quantitative estimate of drug-likeness (QED) is 0.270. The molecule has 2 rings (SSSR count). The molecular weight excluding hydrogens is 385 g/mol. The molecule has 0 radical (unpaired) electrons. The van der Waals surface area contributed by atoms with Crippen molar-refractivity contribution in [2.24, 2.45) is 0 Å². The average Bonchev–Trinajstić information content (AvgIpc) is 2.89. The Morgan fingerprint density at radius 1 is 1.56 bits per heavy atom. The van der Waals surface area contributed by atoms with Gasteiger partial charge in [-0.2, -0.15) is 23.0 Å². The van der Waals surface area contributed by atoms with Gasteiger partial charge in [-0.1, -0.05) is 11.6 Å². The number of anilines is 1. The molecule has 1 unspecified atom stereocenters. The highest BCUT2D eigenvalue weighted by molar-refractivity contribution is 7.91. The molecule has 0 saturated heterocycles. The number of hydroxylamine groups is 1. The number of rotatable bonds is 4. The summed E-state index contributed by atoms with van der Waals surface area (Å²) in [7, 11) is 0. The van der Waals surface area contributed by atoms with E-state index < -0.39 is 33.8 Å². The number of nitrogen functional groups attached to an aromatic ring is 1. The molecule has 0 aliphatic carbocycles. The van der Waals surface area contributed by atoms with E-state index in [0.29, 0.717) is 12.3 Å². The number of alkyl halides is 3. The highest BCUT2D eigenvalue weighted by Gasteiger charge is 2.33. The van der Waals surface area contributed by atoms with Gasteiger partial charge in [-0.3, -0.25) is 16.1 Å². The summed E-state index contributed by atoms with van der Waals surface area (Å²) < 4.78 is 51.1. The standard InChI is InChI=1S/C12H12ClF3N6O2S/c1-2-25(24)8-7(9(17)21-23)20-22(10(8)18)11-6(13)3-5(4-19-11)12(14,15)16/h3-4,23H,2,18H2,1H3,(H2,17,21). The molecule has 0 aliphatic rings. The van der Waals surface area contributed by atoms with Crippen LogP contribution >= 0.6 is 11.6 Å². The van der Waals surface area contributed by atoms with Crippen LogP contribution in [0.3, 0.4) is 0 Å². The van der Waals surface area contributed by atoms with Crippen LogP contribution in [-0.4, -0.2) is 36.1 Å². The van der Waals surface area contributed by atoms with Gasteiger partial charge in [0, 0.05) is 6.20 Å². The van der Waals surface area contributed by atoms with Gasteiger partial charge >= 0.3 is 6.18 Å². The van der Waals surface area contributed by atoms with Gasteiger partial charge in [-0.05, 0) is 24.2 Å². The van der Waals surface area contributed by atoms with E-state index in [1.807, 2.05) is 0 Å². The number of halogens is 4. The van der Waals surface area contributed by atoms with Crippen molar-refractivity contribution in [3.8, 4) is 5.82 Å². The fourth-order valence-electron chi connectivity index (χ4n) is 1.91. The first kappa shape index (κ1) is 19.3. The summed E-state index contributed by atoms with van der Waals surface area (Å²) in [5.74, 6) is -0.913. The van der Waals surface area contributed by atoms with Crippen LogP contribution in [0.2, 0.25) is 5.02 Å². The van der Waals surface area contributed by atoms with Gasteiger partial charge in [0.1, 0.15) is 5.75 Å². The number of hydrogen-bond acceptors (Lipinski definition) is 6. The lowest BCUT2D eigenvalue weighted by molar-refractivity contribution is -0.137. The molecule has 136 valence electrons. The van der Waals surface area contributed by atoms with Crippen LogP contribution in [0.1, 0.15) is 18.2 Å². The Kier molecular flexibility index (Phi) is 5.46. The van der Waals surface area contributed by atoms with E-state index in [1.165, 1.54) is 0 Å². The van der Waals surface area contributed by atoms with E-state index in [1.54, 1.807) is 12.4 Å². The molecule has 0 aliphatic heterocycles. The van der Waals surface area contributed by atoms with Crippen molar-refractivity contribution in [3.63, 3.8) is 0 Å². The van der Waals surface area contributed by atoms with Crippen LogP contribution < -0.4 is 11.2 Å². The summed E-state index contributed by atoms with van der Waals surface area (Å²) in [6.07, 6.45) is -4.08. The fourth-order valence-corrected chi connectivity index (χ4v) is 3.12. The van der Waals surface area contributed by atoms with Gasteiger partial charge < -0.3 is 10.3 Å². The Morgan fingerprint density at radius 3 is 2.68 bits per heavy atom. The van der Waals surface area contributed by atoms with E-state index in [-0.39, 0.29) is 28.0 Å². The van der Waals surface area contributed by atoms with Crippen molar-refractivity contribution in [2.75, 3.05) is 11.5 Å². The van der Waals surface area contributed by atoms with E-state index in [2.05, 4.69) is 10.1 Å². The molecule has 0 amide bonds. The van der Waals surface area contributed by atoms with Gasteiger partial charge in [0.15, 0.2) is 23.2 Å². The van der Waals surface area contributed by atoms with Crippen LogP contribution in [0, 0.1) is 5.41 Å². The molecule has 0 fully saturated rings. The van der Waals surface area contributed by atoms with Crippen molar-refractivity contribution in [1.29, 1.82) is 5.41 Å². The monoisotopic (exact) mass is 396 g/mol. The predicted molar refractivity (Wildman–Crippen MR) is 84.5 cm³/mol. The molecular formula is C12H12ClF3N6O2S. The van der Waals surface area contributed by atoms with Crippen LogP contribution in [0.15, 0.2) is 17.2 Å². The molecule has 5 N–H and O–H groups in total. The molecule has 0 saturated carbocycles. The van der Waals surface area contributed by atoms with Crippen LogP contribution in [0.5, 0.6) is 0 Å². The Balaban J connectivity index is 2.64. The molecule has 25 heavy (non-hydrogen) atoms. The van der Waals surface area contributed by atoms with Crippen molar-refractivity contribution in [2.45, 2.75) is 18.0 Å².